The van der Waals surface area contributed by atoms with Crippen LogP contribution in [-0.2, 0) is 13.1 Å². The molecule has 0 amide bonds. The number of oxazole rings is 1. The molecule has 132 valence electrons. The zero-order valence-electron chi connectivity index (χ0n) is 15.1. The van der Waals surface area contributed by atoms with Gasteiger partial charge in [-0.05, 0) is 37.1 Å². The second kappa shape index (κ2) is 7.18. The molecule has 4 heteroatoms. The van der Waals surface area contributed by atoms with Crippen LogP contribution in [0.4, 0.5) is 0 Å². The van der Waals surface area contributed by atoms with Crippen molar-refractivity contribution in [2.45, 2.75) is 33.0 Å². The standard InChI is InChI=1S/C22H23N3O/c1-3-25-14-20(22-13-23-15-26-22)19-11-17(9-10-21(19)25)12-24-16(2)18-7-5-4-6-8-18/h4-11,13-16,24H,3,12H2,1-2H3/t16-/m1/s1. The lowest BCUT2D eigenvalue weighted by Gasteiger charge is -2.14. The van der Waals surface area contributed by atoms with E-state index in [0.29, 0.717) is 6.04 Å². The molecule has 4 rings (SSSR count). The van der Waals surface area contributed by atoms with Gasteiger partial charge in [0, 0.05) is 41.8 Å². The molecule has 0 aliphatic carbocycles. The maximum Gasteiger partial charge on any atom is 0.181 e. The average Bonchev–Trinajstić information content (AvgIpc) is 3.34. The molecule has 4 aromatic rings. The van der Waals surface area contributed by atoms with Crippen LogP contribution in [0, 0.1) is 0 Å². The van der Waals surface area contributed by atoms with Gasteiger partial charge in [0.05, 0.1) is 6.20 Å². The number of aryl methyl sites for hydroxylation is 1. The van der Waals surface area contributed by atoms with Crippen molar-refractivity contribution in [1.82, 2.24) is 14.9 Å². The number of fused-ring (bicyclic) bond motifs is 1. The molecule has 0 bridgehead atoms. The van der Waals surface area contributed by atoms with Crippen LogP contribution in [0.1, 0.15) is 31.0 Å². The Morgan fingerprint density at radius 3 is 2.73 bits per heavy atom. The molecule has 0 unspecified atom stereocenters. The number of nitrogens with zero attached hydrogens (tertiary/aromatic N) is 2. The summed E-state index contributed by atoms with van der Waals surface area (Å²) in [4.78, 5) is 4.07. The third-order valence-electron chi connectivity index (χ3n) is 4.90. The maximum atomic E-state index is 5.54. The molecule has 26 heavy (non-hydrogen) atoms. The fraction of sp³-hybridized carbons (Fsp3) is 0.227. The van der Waals surface area contributed by atoms with Gasteiger partial charge in [-0.1, -0.05) is 36.4 Å². The van der Waals surface area contributed by atoms with Crippen LogP contribution < -0.4 is 5.32 Å². The van der Waals surface area contributed by atoms with Crippen molar-refractivity contribution in [3.8, 4) is 11.3 Å². The van der Waals surface area contributed by atoms with Crippen molar-refractivity contribution in [3.63, 3.8) is 0 Å². The molecule has 4 nitrogen and oxygen atoms in total. The third-order valence-corrected chi connectivity index (χ3v) is 4.90. The lowest BCUT2D eigenvalue weighted by molar-refractivity contribution is 0.572. The second-order valence-corrected chi connectivity index (χ2v) is 6.56. The normalized spacial score (nSPS) is 12.5. The van der Waals surface area contributed by atoms with Crippen LogP contribution in [0.25, 0.3) is 22.2 Å². The van der Waals surface area contributed by atoms with Gasteiger partial charge in [-0.2, -0.15) is 0 Å². The number of benzene rings is 2. The van der Waals surface area contributed by atoms with Crippen molar-refractivity contribution < 1.29 is 4.42 Å². The highest BCUT2D eigenvalue weighted by atomic mass is 16.3. The van der Waals surface area contributed by atoms with Gasteiger partial charge < -0.3 is 14.3 Å². The summed E-state index contributed by atoms with van der Waals surface area (Å²) < 4.78 is 7.79. The van der Waals surface area contributed by atoms with Crippen LogP contribution in [0.5, 0.6) is 0 Å². The highest BCUT2D eigenvalue weighted by Crippen LogP contribution is 2.31. The molecule has 0 fully saturated rings. The molecule has 0 radical (unpaired) electrons. The molecule has 0 aliphatic heterocycles. The fourth-order valence-electron chi connectivity index (χ4n) is 3.39. The van der Waals surface area contributed by atoms with Crippen LogP contribution in [0.2, 0.25) is 0 Å². The largest absolute Gasteiger partial charge is 0.443 e. The summed E-state index contributed by atoms with van der Waals surface area (Å²) in [5, 5.41) is 4.82. The van der Waals surface area contributed by atoms with E-state index in [1.165, 1.54) is 28.4 Å². The zero-order chi connectivity index (χ0) is 17.9. The predicted octanol–water partition coefficient (Wildman–Crippen LogP) is 5.17. The minimum absolute atomic E-state index is 0.306. The molecule has 2 aromatic carbocycles. The van der Waals surface area contributed by atoms with Crippen LogP contribution in [0.15, 0.2) is 71.7 Å². The Morgan fingerprint density at radius 2 is 2.00 bits per heavy atom. The lowest BCUT2D eigenvalue weighted by Crippen LogP contribution is -2.17. The maximum absolute atomic E-state index is 5.54. The van der Waals surface area contributed by atoms with E-state index in [1.54, 1.807) is 6.20 Å². The number of rotatable bonds is 6. The first-order chi connectivity index (χ1) is 12.8. The van der Waals surface area contributed by atoms with Gasteiger partial charge >= 0.3 is 0 Å². The molecule has 0 aliphatic rings. The molecule has 2 heterocycles. The van der Waals surface area contributed by atoms with Crippen LogP contribution in [-0.4, -0.2) is 9.55 Å². The summed E-state index contributed by atoms with van der Waals surface area (Å²) in [6.07, 6.45) is 5.41. The van der Waals surface area contributed by atoms with Crippen molar-refractivity contribution in [1.29, 1.82) is 0 Å². The first kappa shape index (κ1) is 16.6. The third kappa shape index (κ3) is 3.16. The SMILES string of the molecule is CCn1cc(-c2cnco2)c2cc(CN[C@H](C)c3ccccc3)ccc21. The molecule has 0 saturated carbocycles. The molecule has 1 N–H and O–H groups in total. The summed E-state index contributed by atoms with van der Waals surface area (Å²) in [6.45, 7) is 6.09. The summed E-state index contributed by atoms with van der Waals surface area (Å²) in [5.41, 5.74) is 4.87. The highest BCUT2D eigenvalue weighted by Gasteiger charge is 2.13. The first-order valence-electron chi connectivity index (χ1n) is 9.05. The Balaban J connectivity index is 1.62. The van der Waals surface area contributed by atoms with Crippen molar-refractivity contribution >= 4 is 10.9 Å². The van der Waals surface area contributed by atoms with Crippen molar-refractivity contribution in [2.75, 3.05) is 0 Å². The Morgan fingerprint density at radius 1 is 1.15 bits per heavy atom. The van der Waals surface area contributed by atoms with E-state index in [4.69, 9.17) is 4.42 Å². The monoisotopic (exact) mass is 345 g/mol. The van der Waals surface area contributed by atoms with Gasteiger partial charge in [-0.15, -0.1) is 0 Å². The van der Waals surface area contributed by atoms with E-state index in [1.807, 2.05) is 6.07 Å². The summed E-state index contributed by atoms with van der Waals surface area (Å²) in [5.74, 6) is 0.810. The van der Waals surface area contributed by atoms with E-state index in [2.05, 4.69) is 77.4 Å². The second-order valence-electron chi connectivity index (χ2n) is 6.56. The smallest absolute Gasteiger partial charge is 0.181 e. The van der Waals surface area contributed by atoms with Crippen molar-refractivity contribution in [2.24, 2.45) is 0 Å². The van der Waals surface area contributed by atoms with Crippen LogP contribution in [0.3, 0.4) is 0 Å². The van der Waals surface area contributed by atoms with E-state index in [9.17, 15) is 0 Å². The topological polar surface area (TPSA) is 43.0 Å². The zero-order valence-corrected chi connectivity index (χ0v) is 15.1. The van der Waals surface area contributed by atoms with Gasteiger partial charge in [0.1, 0.15) is 0 Å². The van der Waals surface area contributed by atoms with Gasteiger partial charge in [0.2, 0.25) is 0 Å². The van der Waals surface area contributed by atoms with Gasteiger partial charge in [0.15, 0.2) is 12.2 Å². The lowest BCUT2D eigenvalue weighted by atomic mass is 10.1. The Hall–Kier alpha value is -2.85. The van der Waals surface area contributed by atoms with Gasteiger partial charge in [-0.25, -0.2) is 4.98 Å². The summed E-state index contributed by atoms with van der Waals surface area (Å²) in [7, 11) is 0. The highest BCUT2D eigenvalue weighted by molar-refractivity contribution is 5.95. The van der Waals surface area contributed by atoms with E-state index < -0.39 is 0 Å². The summed E-state index contributed by atoms with van der Waals surface area (Å²) >= 11 is 0. The molecule has 2 aromatic heterocycles. The quantitative estimate of drug-likeness (QED) is 0.524. The average molecular weight is 345 g/mol. The first-order valence-corrected chi connectivity index (χ1v) is 9.05. The molecule has 1 atom stereocenters. The van der Waals surface area contributed by atoms with E-state index in [0.717, 1.165) is 24.4 Å². The Kier molecular flexibility index (Phi) is 4.59. The molecule has 0 saturated heterocycles. The van der Waals surface area contributed by atoms with E-state index >= 15 is 0 Å². The summed E-state index contributed by atoms with van der Waals surface area (Å²) in [6, 6.07) is 17.5. The van der Waals surface area contributed by atoms with Crippen LogP contribution >= 0.6 is 0 Å². The van der Waals surface area contributed by atoms with Gasteiger partial charge in [0.25, 0.3) is 0 Å². The van der Waals surface area contributed by atoms with Gasteiger partial charge in [-0.3, -0.25) is 0 Å². The van der Waals surface area contributed by atoms with Crippen molar-refractivity contribution in [3.05, 3.63) is 78.4 Å². The Bertz CT molecular complexity index is 987. The minimum Gasteiger partial charge on any atom is -0.443 e. The Labute approximate surface area is 153 Å². The number of hydrogen-bond donors (Lipinski definition) is 1. The number of hydrogen-bond acceptors (Lipinski definition) is 3. The number of aromatic nitrogens is 2. The number of nitrogens with one attached hydrogen (secondary N) is 1. The van der Waals surface area contributed by atoms with E-state index in [-0.39, 0.29) is 0 Å². The molecular weight excluding hydrogens is 322 g/mol. The predicted molar refractivity (Wildman–Crippen MR) is 105 cm³/mol. The fourth-order valence-corrected chi connectivity index (χ4v) is 3.39. The minimum atomic E-state index is 0.306. The molecular formula is C22H23N3O. The molecule has 0 spiro atoms.